The Kier molecular flexibility index (Phi) is 7.79. The normalized spacial score (nSPS) is 12.6. The van der Waals surface area contributed by atoms with Gasteiger partial charge in [-0.3, -0.25) is 0 Å². The van der Waals surface area contributed by atoms with E-state index >= 15 is 0 Å². The first kappa shape index (κ1) is 29.5. The predicted molar refractivity (Wildman–Crippen MR) is 200 cm³/mol. The number of rotatable bonds is 8. The van der Waals surface area contributed by atoms with Crippen molar-refractivity contribution in [3.05, 3.63) is 181 Å². The lowest BCUT2D eigenvalue weighted by Crippen LogP contribution is -2.07. The molecule has 3 nitrogen and oxygen atoms in total. The Labute approximate surface area is 282 Å². The zero-order valence-corrected chi connectivity index (χ0v) is 27.0. The highest BCUT2D eigenvalue weighted by Crippen LogP contribution is 2.45. The molecule has 0 N–H and O–H groups in total. The molecule has 1 aliphatic carbocycles. The molecule has 0 fully saturated rings. The summed E-state index contributed by atoms with van der Waals surface area (Å²) >= 11 is 0. The number of hydrogen-bond donors (Lipinski definition) is 0. The summed E-state index contributed by atoms with van der Waals surface area (Å²) in [4.78, 5) is 15.3. The van der Waals surface area contributed by atoms with Crippen molar-refractivity contribution in [2.24, 2.45) is 0 Å². The van der Waals surface area contributed by atoms with Crippen molar-refractivity contribution in [2.45, 2.75) is 25.7 Å². The fraction of sp³-hybridized carbons (Fsp3) is 0.0889. The van der Waals surface area contributed by atoms with Gasteiger partial charge in [0.25, 0.3) is 0 Å². The van der Waals surface area contributed by atoms with Gasteiger partial charge in [0.15, 0.2) is 11.6 Å². The monoisotopic (exact) mass is 617 g/mol. The fourth-order valence-corrected chi connectivity index (χ4v) is 6.85. The molecular weight excluding hydrogens is 583 g/mol. The Hall–Kier alpha value is -5.93. The Morgan fingerprint density at radius 3 is 2.15 bits per heavy atom. The van der Waals surface area contributed by atoms with Crippen LogP contribution in [0.2, 0.25) is 0 Å². The molecule has 0 saturated carbocycles. The van der Waals surface area contributed by atoms with E-state index in [9.17, 15) is 0 Å². The lowest BCUT2D eigenvalue weighted by atomic mass is 9.90. The van der Waals surface area contributed by atoms with Crippen LogP contribution in [0.4, 0.5) is 0 Å². The van der Waals surface area contributed by atoms with Crippen molar-refractivity contribution < 1.29 is 0 Å². The van der Waals surface area contributed by atoms with Gasteiger partial charge in [0.05, 0.1) is 0 Å². The summed E-state index contributed by atoms with van der Waals surface area (Å²) in [6, 6.07) is 49.1. The third-order valence-electron chi connectivity index (χ3n) is 9.38. The minimum absolute atomic E-state index is 0.00259. The second-order valence-corrected chi connectivity index (χ2v) is 12.4. The average molecular weight is 618 g/mol. The highest BCUT2D eigenvalue weighted by molar-refractivity contribution is 6.02. The number of hydrogen-bond acceptors (Lipinski definition) is 3. The third kappa shape index (κ3) is 5.54. The van der Waals surface area contributed by atoms with Crippen LogP contribution in [-0.4, -0.2) is 15.0 Å². The van der Waals surface area contributed by atoms with Gasteiger partial charge in [-0.25, -0.2) is 15.0 Å². The topological polar surface area (TPSA) is 38.7 Å². The molecule has 0 saturated heterocycles. The van der Waals surface area contributed by atoms with Crippen LogP contribution in [0.3, 0.4) is 0 Å². The average Bonchev–Trinajstić information content (AvgIpc) is 3.54. The molecule has 230 valence electrons. The zero-order chi connectivity index (χ0) is 32.5. The van der Waals surface area contributed by atoms with Crippen molar-refractivity contribution in [3.63, 3.8) is 0 Å². The van der Waals surface area contributed by atoms with Crippen LogP contribution in [-0.2, 0) is 6.42 Å². The van der Waals surface area contributed by atoms with Crippen molar-refractivity contribution in [3.8, 4) is 45.0 Å². The maximum atomic E-state index is 5.15. The van der Waals surface area contributed by atoms with Gasteiger partial charge in [-0.15, -0.1) is 0 Å². The van der Waals surface area contributed by atoms with Gasteiger partial charge in [0, 0.05) is 17.0 Å². The summed E-state index contributed by atoms with van der Waals surface area (Å²) in [5.41, 5.74) is 11.8. The lowest BCUT2D eigenvalue weighted by molar-refractivity contribution is 0.733. The van der Waals surface area contributed by atoms with Crippen LogP contribution in [0.1, 0.15) is 41.8 Å². The second kappa shape index (κ2) is 12.7. The molecule has 1 aromatic heterocycles. The van der Waals surface area contributed by atoms with E-state index in [0.29, 0.717) is 11.6 Å². The van der Waals surface area contributed by atoms with E-state index in [1.165, 1.54) is 44.2 Å². The van der Waals surface area contributed by atoms with Gasteiger partial charge in [0.2, 0.25) is 0 Å². The van der Waals surface area contributed by atoms with Crippen molar-refractivity contribution in [2.75, 3.05) is 0 Å². The van der Waals surface area contributed by atoms with Gasteiger partial charge in [-0.05, 0) is 74.2 Å². The smallest absolute Gasteiger partial charge is 0.163 e. The van der Waals surface area contributed by atoms with Crippen LogP contribution in [0.5, 0.6) is 0 Å². The summed E-state index contributed by atoms with van der Waals surface area (Å²) < 4.78 is 0. The predicted octanol–water partition coefficient (Wildman–Crippen LogP) is 11.4. The molecule has 1 atom stereocenters. The Morgan fingerprint density at radius 2 is 1.33 bits per heavy atom. The van der Waals surface area contributed by atoms with Gasteiger partial charge >= 0.3 is 0 Å². The maximum Gasteiger partial charge on any atom is 0.163 e. The summed E-state index contributed by atoms with van der Waals surface area (Å²) in [5.74, 6) is 2.13. The molecule has 0 amide bonds. The molecule has 0 radical (unpaired) electrons. The van der Waals surface area contributed by atoms with Gasteiger partial charge < -0.3 is 0 Å². The van der Waals surface area contributed by atoms with E-state index < -0.39 is 0 Å². The molecule has 8 rings (SSSR count). The Balaban J connectivity index is 1.24. The first-order chi connectivity index (χ1) is 23.7. The maximum absolute atomic E-state index is 5.15. The molecule has 0 bridgehead atoms. The molecule has 0 aliphatic heterocycles. The molecule has 48 heavy (non-hydrogen) atoms. The first-order valence-corrected chi connectivity index (χ1v) is 16.6. The highest BCUT2D eigenvalue weighted by atomic mass is 15.0. The van der Waals surface area contributed by atoms with E-state index in [0.717, 1.165) is 40.9 Å². The van der Waals surface area contributed by atoms with Crippen LogP contribution in [0.15, 0.2) is 158 Å². The Bertz CT molecular complexity index is 2310. The molecule has 1 aliphatic rings. The highest BCUT2D eigenvalue weighted by Gasteiger charge is 2.24. The number of allylic oxidation sites excluding steroid dienone is 3. The summed E-state index contributed by atoms with van der Waals surface area (Å²) in [7, 11) is 0. The summed E-state index contributed by atoms with van der Waals surface area (Å²) in [5, 5.41) is 2.51. The van der Waals surface area contributed by atoms with E-state index in [1.54, 1.807) is 0 Å². The minimum Gasteiger partial charge on any atom is -0.212 e. The lowest BCUT2D eigenvalue weighted by Gasteiger charge is -2.15. The minimum atomic E-state index is 0.00259. The quantitative estimate of drug-likeness (QED) is 0.159. The summed E-state index contributed by atoms with van der Waals surface area (Å²) in [6.45, 7) is 6.49. The number of nitrogens with zero attached hydrogens (tertiary/aromatic N) is 3. The van der Waals surface area contributed by atoms with E-state index in [4.69, 9.17) is 15.0 Å². The van der Waals surface area contributed by atoms with E-state index in [-0.39, 0.29) is 5.92 Å². The zero-order valence-electron chi connectivity index (χ0n) is 27.0. The molecule has 1 heterocycles. The molecular formula is C45H35N3. The SMILES string of the molecule is C=C(/C=C\C(CC)c1nc(-c2ccccc2)nc(-c2ccc3c(c2)-c2c(cccc2-c2cccc4ccccc24)C3)n1)c1ccccc1. The van der Waals surface area contributed by atoms with Gasteiger partial charge in [-0.2, -0.15) is 0 Å². The van der Waals surface area contributed by atoms with Gasteiger partial charge in [-0.1, -0.05) is 159 Å². The van der Waals surface area contributed by atoms with Crippen LogP contribution >= 0.6 is 0 Å². The Morgan fingerprint density at radius 1 is 0.646 bits per heavy atom. The second-order valence-electron chi connectivity index (χ2n) is 12.4. The fourth-order valence-electron chi connectivity index (χ4n) is 6.85. The summed E-state index contributed by atoms with van der Waals surface area (Å²) in [6.07, 6.45) is 6.03. The van der Waals surface area contributed by atoms with Gasteiger partial charge in [0.1, 0.15) is 5.82 Å². The number of aromatic nitrogens is 3. The largest absolute Gasteiger partial charge is 0.212 e. The molecule has 6 aromatic carbocycles. The van der Waals surface area contributed by atoms with Crippen LogP contribution in [0, 0.1) is 0 Å². The van der Waals surface area contributed by atoms with Crippen molar-refractivity contribution in [1.29, 1.82) is 0 Å². The van der Waals surface area contributed by atoms with E-state index in [2.05, 4.69) is 129 Å². The number of fused-ring (bicyclic) bond motifs is 4. The van der Waals surface area contributed by atoms with Crippen LogP contribution in [0.25, 0.3) is 61.4 Å². The molecule has 1 unspecified atom stereocenters. The molecule has 3 heteroatoms. The molecule has 0 spiro atoms. The third-order valence-corrected chi connectivity index (χ3v) is 9.38. The van der Waals surface area contributed by atoms with Crippen molar-refractivity contribution >= 4 is 16.3 Å². The van der Waals surface area contributed by atoms with E-state index in [1.807, 2.05) is 36.4 Å². The van der Waals surface area contributed by atoms with Crippen LogP contribution < -0.4 is 0 Å². The number of benzene rings is 6. The standard InChI is InChI=1S/C45H35N3/c1-3-31(25-24-30(2)32-14-6-4-7-15-32)43-46-44(34-17-8-5-9-18-34)48-45(47-43)37-27-26-35-28-36-20-13-23-40(42(36)41(35)29-37)39-22-12-19-33-16-10-11-21-38(33)39/h4-27,29,31H,2-3,28H2,1H3/b25-24-. The first-order valence-electron chi connectivity index (χ1n) is 16.6. The van der Waals surface area contributed by atoms with Crippen molar-refractivity contribution in [1.82, 2.24) is 15.0 Å². The molecule has 7 aromatic rings.